The summed E-state index contributed by atoms with van der Waals surface area (Å²) >= 11 is 3.54. The van der Waals surface area contributed by atoms with Crippen LogP contribution in [-0.2, 0) is 0 Å². The van der Waals surface area contributed by atoms with Crippen molar-refractivity contribution >= 4 is 21.6 Å². The van der Waals surface area contributed by atoms with Crippen LogP contribution in [0.1, 0.15) is 22.4 Å². The lowest BCUT2D eigenvalue weighted by Gasteiger charge is -2.23. The molecule has 1 atom stereocenters. The number of anilines is 1. The molecular weight excluding hydrogens is 233 g/mol. The lowest BCUT2D eigenvalue weighted by atomic mass is 10.0. The minimum atomic E-state index is -0.119. The second-order valence-corrected chi connectivity index (χ2v) is 4.48. The highest BCUT2D eigenvalue weighted by atomic mass is 79.9. The van der Waals surface area contributed by atoms with E-state index in [2.05, 4.69) is 21.2 Å². The minimum absolute atomic E-state index is 0.119. The maximum atomic E-state index is 13.2. The summed E-state index contributed by atoms with van der Waals surface area (Å²) in [6.45, 7) is 2.74. The molecule has 1 aromatic carbocycles. The van der Waals surface area contributed by atoms with Gasteiger partial charge in [-0.3, -0.25) is 0 Å². The van der Waals surface area contributed by atoms with E-state index in [1.54, 1.807) is 13.0 Å². The van der Waals surface area contributed by atoms with E-state index in [1.165, 1.54) is 0 Å². The van der Waals surface area contributed by atoms with E-state index in [1.807, 2.05) is 6.07 Å². The molecule has 0 bridgehead atoms. The molecule has 0 fully saturated rings. The maximum Gasteiger partial charge on any atom is 0.126 e. The number of nitrogens with one attached hydrogen (secondary N) is 1. The highest BCUT2D eigenvalue weighted by Crippen LogP contribution is 2.36. The molecule has 0 aliphatic carbocycles. The number of aryl methyl sites for hydroxylation is 1. The smallest absolute Gasteiger partial charge is 0.126 e. The number of alkyl halides is 1. The van der Waals surface area contributed by atoms with Crippen LogP contribution >= 0.6 is 15.9 Å². The summed E-state index contributed by atoms with van der Waals surface area (Å²) in [6, 6.07) is 3.49. The van der Waals surface area contributed by atoms with Crippen molar-refractivity contribution in [2.75, 3.05) is 11.9 Å². The van der Waals surface area contributed by atoms with Gasteiger partial charge in [-0.25, -0.2) is 4.39 Å². The first-order valence-corrected chi connectivity index (χ1v) is 5.28. The van der Waals surface area contributed by atoms with Gasteiger partial charge in [-0.15, -0.1) is 0 Å². The Morgan fingerprint density at radius 1 is 1.54 bits per heavy atom. The van der Waals surface area contributed by atoms with Gasteiger partial charge in [0.2, 0.25) is 0 Å². The summed E-state index contributed by atoms with van der Waals surface area (Å²) in [5.41, 5.74) is 2.80. The number of hydrogen-bond donors (Lipinski definition) is 1. The zero-order valence-electron chi connectivity index (χ0n) is 7.40. The Balaban J connectivity index is 2.52. The van der Waals surface area contributed by atoms with Gasteiger partial charge >= 0.3 is 0 Å². The van der Waals surface area contributed by atoms with Crippen molar-refractivity contribution in [2.45, 2.75) is 18.2 Å². The molecule has 0 saturated carbocycles. The zero-order valence-corrected chi connectivity index (χ0v) is 8.99. The number of rotatable bonds is 0. The van der Waals surface area contributed by atoms with E-state index in [0.717, 1.165) is 24.2 Å². The lowest BCUT2D eigenvalue weighted by molar-refractivity contribution is 0.614. The van der Waals surface area contributed by atoms with E-state index in [4.69, 9.17) is 0 Å². The molecule has 1 aliphatic rings. The monoisotopic (exact) mass is 243 g/mol. The fourth-order valence-electron chi connectivity index (χ4n) is 1.60. The van der Waals surface area contributed by atoms with Crippen molar-refractivity contribution in [1.82, 2.24) is 0 Å². The topological polar surface area (TPSA) is 12.0 Å². The van der Waals surface area contributed by atoms with Gasteiger partial charge in [0, 0.05) is 17.1 Å². The van der Waals surface area contributed by atoms with E-state index >= 15 is 0 Å². The third-order valence-electron chi connectivity index (χ3n) is 2.38. The van der Waals surface area contributed by atoms with Gasteiger partial charge in [0.05, 0.1) is 0 Å². The number of benzene rings is 1. The molecule has 1 unspecified atom stereocenters. The summed E-state index contributed by atoms with van der Waals surface area (Å²) in [5, 5.41) is 3.26. The molecule has 1 aromatic rings. The van der Waals surface area contributed by atoms with Gasteiger partial charge in [0.15, 0.2) is 0 Å². The fraction of sp³-hybridized carbons (Fsp3) is 0.400. The summed E-state index contributed by atoms with van der Waals surface area (Å²) in [7, 11) is 0. The van der Waals surface area contributed by atoms with Crippen molar-refractivity contribution in [3.8, 4) is 0 Å². The van der Waals surface area contributed by atoms with Gasteiger partial charge in [-0.05, 0) is 36.6 Å². The van der Waals surface area contributed by atoms with E-state index in [0.29, 0.717) is 10.4 Å². The Morgan fingerprint density at radius 2 is 2.31 bits per heavy atom. The Labute approximate surface area is 85.5 Å². The molecule has 1 nitrogen and oxygen atoms in total. The van der Waals surface area contributed by atoms with Crippen molar-refractivity contribution in [1.29, 1.82) is 0 Å². The van der Waals surface area contributed by atoms with Crippen LogP contribution in [-0.4, -0.2) is 6.54 Å². The van der Waals surface area contributed by atoms with Crippen molar-refractivity contribution in [2.24, 2.45) is 0 Å². The molecule has 0 spiro atoms. The molecule has 0 saturated heterocycles. The zero-order chi connectivity index (χ0) is 9.42. The van der Waals surface area contributed by atoms with Crippen LogP contribution in [0.5, 0.6) is 0 Å². The van der Waals surface area contributed by atoms with Gasteiger partial charge in [0.25, 0.3) is 0 Å². The molecule has 13 heavy (non-hydrogen) atoms. The van der Waals surface area contributed by atoms with Gasteiger partial charge < -0.3 is 5.32 Å². The second kappa shape index (κ2) is 3.29. The molecule has 1 aliphatic heterocycles. The summed E-state index contributed by atoms with van der Waals surface area (Å²) in [4.78, 5) is 0.291. The highest BCUT2D eigenvalue weighted by Gasteiger charge is 2.18. The molecule has 1 N–H and O–H groups in total. The predicted octanol–water partition coefficient (Wildman–Crippen LogP) is 3.39. The van der Waals surface area contributed by atoms with Crippen LogP contribution < -0.4 is 5.32 Å². The molecule has 70 valence electrons. The molecular formula is C10H11BrFN. The SMILES string of the molecule is Cc1cc2c(cc1F)C(Br)CCN2. The molecule has 0 radical (unpaired) electrons. The predicted molar refractivity (Wildman–Crippen MR) is 55.9 cm³/mol. The Kier molecular flexibility index (Phi) is 2.28. The van der Waals surface area contributed by atoms with Gasteiger partial charge in [-0.1, -0.05) is 15.9 Å². The van der Waals surface area contributed by atoms with Crippen LogP contribution in [0.3, 0.4) is 0 Å². The largest absolute Gasteiger partial charge is 0.385 e. The number of fused-ring (bicyclic) bond motifs is 1. The Hall–Kier alpha value is -0.570. The molecule has 0 aromatic heterocycles. The number of hydrogen-bond acceptors (Lipinski definition) is 1. The van der Waals surface area contributed by atoms with Gasteiger partial charge in [-0.2, -0.15) is 0 Å². The molecule has 0 amide bonds. The van der Waals surface area contributed by atoms with Crippen molar-refractivity contribution in [3.63, 3.8) is 0 Å². The minimum Gasteiger partial charge on any atom is -0.385 e. The normalized spacial score (nSPS) is 20.7. The first-order valence-electron chi connectivity index (χ1n) is 4.36. The molecule has 3 heteroatoms. The van der Waals surface area contributed by atoms with Crippen LogP contribution in [0.25, 0.3) is 0 Å². The average molecular weight is 244 g/mol. The van der Waals surface area contributed by atoms with E-state index < -0.39 is 0 Å². The molecule has 2 rings (SSSR count). The van der Waals surface area contributed by atoms with E-state index in [-0.39, 0.29) is 5.82 Å². The first kappa shape index (κ1) is 9.00. The van der Waals surface area contributed by atoms with Crippen LogP contribution in [0, 0.1) is 12.7 Å². The maximum absolute atomic E-state index is 13.2. The molecule has 1 heterocycles. The lowest BCUT2D eigenvalue weighted by Crippen LogP contribution is -2.14. The van der Waals surface area contributed by atoms with Crippen molar-refractivity contribution < 1.29 is 4.39 Å². The van der Waals surface area contributed by atoms with Gasteiger partial charge in [0.1, 0.15) is 5.82 Å². The standard InChI is InChI=1S/C10H11BrFN/c1-6-4-10-7(5-9(6)12)8(11)2-3-13-10/h4-5,8,13H,2-3H2,1H3. The Bertz CT molecular complexity index is 338. The van der Waals surface area contributed by atoms with Crippen LogP contribution in [0.15, 0.2) is 12.1 Å². The average Bonchev–Trinajstić information content (AvgIpc) is 2.09. The Morgan fingerprint density at radius 3 is 3.08 bits per heavy atom. The van der Waals surface area contributed by atoms with Crippen LogP contribution in [0.4, 0.5) is 10.1 Å². The summed E-state index contributed by atoms with van der Waals surface area (Å²) in [5.74, 6) is -0.119. The quantitative estimate of drug-likeness (QED) is 0.690. The number of halogens is 2. The first-order chi connectivity index (χ1) is 6.18. The van der Waals surface area contributed by atoms with Crippen LogP contribution in [0.2, 0.25) is 0 Å². The summed E-state index contributed by atoms with van der Waals surface area (Å²) < 4.78 is 13.2. The fourth-order valence-corrected chi connectivity index (χ4v) is 2.21. The summed E-state index contributed by atoms with van der Waals surface area (Å²) in [6.07, 6.45) is 1.01. The third-order valence-corrected chi connectivity index (χ3v) is 3.33. The third kappa shape index (κ3) is 1.57. The van der Waals surface area contributed by atoms with Crippen molar-refractivity contribution in [3.05, 3.63) is 29.1 Å². The second-order valence-electron chi connectivity index (χ2n) is 3.37. The highest BCUT2D eigenvalue weighted by molar-refractivity contribution is 9.09. The van der Waals surface area contributed by atoms with E-state index in [9.17, 15) is 4.39 Å².